The lowest BCUT2D eigenvalue weighted by atomic mass is 9.72. The summed E-state index contributed by atoms with van der Waals surface area (Å²) in [5.41, 5.74) is 0.461. The molecule has 1 aliphatic carbocycles. The van der Waals surface area contributed by atoms with Crippen LogP contribution in [-0.4, -0.2) is 6.54 Å². The molecule has 1 atom stereocenters. The third kappa shape index (κ3) is 4.11. The van der Waals surface area contributed by atoms with Crippen molar-refractivity contribution in [2.75, 3.05) is 6.54 Å². The van der Waals surface area contributed by atoms with Gasteiger partial charge in [-0.2, -0.15) is 0 Å². The van der Waals surface area contributed by atoms with Crippen molar-refractivity contribution in [2.24, 2.45) is 11.3 Å². The van der Waals surface area contributed by atoms with Crippen LogP contribution in [0.2, 0.25) is 0 Å². The lowest BCUT2D eigenvalue weighted by Crippen LogP contribution is -2.37. The quantitative estimate of drug-likeness (QED) is 0.579. The zero-order valence-corrected chi connectivity index (χ0v) is 16.4. The van der Waals surface area contributed by atoms with Gasteiger partial charge >= 0.3 is 0 Å². The second-order valence-electron chi connectivity index (χ2n) is 7.12. The van der Waals surface area contributed by atoms with E-state index in [0.29, 0.717) is 11.5 Å². The van der Waals surface area contributed by atoms with Gasteiger partial charge in [0.25, 0.3) is 0 Å². The molecule has 21 heavy (non-hydrogen) atoms. The molecule has 1 aromatic heterocycles. The van der Waals surface area contributed by atoms with E-state index in [9.17, 15) is 0 Å². The molecule has 1 fully saturated rings. The normalized spacial score (nSPS) is 19.3. The Hall–Kier alpha value is 0.140. The summed E-state index contributed by atoms with van der Waals surface area (Å²) in [6.45, 7) is 10.4. The van der Waals surface area contributed by atoms with Crippen LogP contribution in [0, 0.1) is 18.3 Å². The third-order valence-electron chi connectivity index (χ3n) is 4.72. The summed E-state index contributed by atoms with van der Waals surface area (Å²) in [7, 11) is 0. The van der Waals surface area contributed by atoms with Gasteiger partial charge < -0.3 is 5.32 Å². The number of nitrogens with one attached hydrogen (secondary N) is 1. The van der Waals surface area contributed by atoms with Gasteiger partial charge in [0.05, 0.1) is 0 Å². The molecule has 1 unspecified atom stereocenters. The van der Waals surface area contributed by atoms with E-state index in [-0.39, 0.29) is 0 Å². The summed E-state index contributed by atoms with van der Waals surface area (Å²) in [6, 6.07) is 2.81. The van der Waals surface area contributed by atoms with Crippen molar-refractivity contribution in [2.45, 2.75) is 72.3 Å². The van der Waals surface area contributed by atoms with Gasteiger partial charge in [-0.1, -0.05) is 33.6 Å². The number of thiophene rings is 1. The Morgan fingerprint density at radius 3 is 2.48 bits per heavy atom. The Bertz CT molecular complexity index is 446. The van der Waals surface area contributed by atoms with Gasteiger partial charge in [0.2, 0.25) is 0 Å². The van der Waals surface area contributed by atoms with Crippen LogP contribution < -0.4 is 5.32 Å². The smallest absolute Gasteiger partial charge is 0.0483 e. The monoisotopic (exact) mass is 371 g/mol. The summed E-state index contributed by atoms with van der Waals surface area (Å²) in [4.78, 5) is 2.95. The van der Waals surface area contributed by atoms with Gasteiger partial charge in [-0.3, -0.25) is 0 Å². The van der Waals surface area contributed by atoms with E-state index in [1.54, 1.807) is 0 Å². The van der Waals surface area contributed by atoms with Crippen LogP contribution in [0.5, 0.6) is 0 Å². The molecule has 0 amide bonds. The van der Waals surface area contributed by atoms with Crippen LogP contribution in [0.4, 0.5) is 0 Å². The second kappa shape index (κ2) is 7.61. The molecule has 120 valence electrons. The first-order chi connectivity index (χ1) is 9.98. The van der Waals surface area contributed by atoms with Crippen molar-refractivity contribution in [1.82, 2.24) is 5.32 Å². The Morgan fingerprint density at radius 1 is 1.33 bits per heavy atom. The average Bonchev–Trinajstić information content (AvgIpc) is 2.97. The van der Waals surface area contributed by atoms with Gasteiger partial charge in [-0.15, -0.1) is 11.3 Å². The summed E-state index contributed by atoms with van der Waals surface area (Å²) < 4.78 is 1.31. The molecule has 1 aliphatic rings. The van der Waals surface area contributed by atoms with Crippen LogP contribution >= 0.6 is 27.3 Å². The van der Waals surface area contributed by atoms with Crippen molar-refractivity contribution in [1.29, 1.82) is 0 Å². The molecule has 0 saturated heterocycles. The topological polar surface area (TPSA) is 12.0 Å². The second-order valence-corrected chi connectivity index (χ2v) is 9.27. The van der Waals surface area contributed by atoms with E-state index in [2.05, 4.69) is 55.0 Å². The first kappa shape index (κ1) is 17.5. The summed E-state index contributed by atoms with van der Waals surface area (Å²) in [6.07, 6.45) is 8.12. The molecule has 0 aliphatic heterocycles. The maximum absolute atomic E-state index is 3.91. The molecule has 2 rings (SSSR count). The molecule has 0 spiro atoms. The predicted octanol–water partition coefficient (Wildman–Crippen LogP) is 6.47. The average molecular weight is 372 g/mol. The number of halogens is 1. The van der Waals surface area contributed by atoms with Crippen LogP contribution in [0.1, 0.15) is 75.1 Å². The maximum atomic E-state index is 3.91. The zero-order chi connectivity index (χ0) is 15.5. The first-order valence-electron chi connectivity index (χ1n) is 8.47. The van der Waals surface area contributed by atoms with Gasteiger partial charge in [-0.25, -0.2) is 0 Å². The fourth-order valence-corrected chi connectivity index (χ4v) is 6.17. The van der Waals surface area contributed by atoms with Crippen molar-refractivity contribution in [3.8, 4) is 0 Å². The molecule has 1 heterocycles. The number of hydrogen-bond acceptors (Lipinski definition) is 2. The van der Waals surface area contributed by atoms with Crippen LogP contribution in [0.3, 0.4) is 0 Å². The Balaban J connectivity index is 2.34. The molecule has 0 radical (unpaired) electrons. The van der Waals surface area contributed by atoms with Crippen molar-refractivity contribution in [3.05, 3.63) is 20.3 Å². The fraction of sp³-hybridized carbons (Fsp3) is 0.778. The molecule has 1 aromatic rings. The van der Waals surface area contributed by atoms with E-state index >= 15 is 0 Å². The zero-order valence-electron chi connectivity index (χ0n) is 14.0. The molecule has 0 bridgehead atoms. The van der Waals surface area contributed by atoms with Gasteiger partial charge in [0, 0.05) is 20.3 Å². The Labute approximate surface area is 143 Å². The van der Waals surface area contributed by atoms with Crippen molar-refractivity contribution >= 4 is 27.3 Å². The lowest BCUT2D eigenvalue weighted by molar-refractivity contribution is 0.157. The number of rotatable bonds is 7. The highest BCUT2D eigenvalue weighted by atomic mass is 79.9. The minimum Gasteiger partial charge on any atom is -0.309 e. The molecule has 1 nitrogen and oxygen atoms in total. The lowest BCUT2D eigenvalue weighted by Gasteiger charge is -2.39. The highest BCUT2D eigenvalue weighted by Crippen LogP contribution is 2.54. The number of aryl methyl sites for hydroxylation is 1. The van der Waals surface area contributed by atoms with Gasteiger partial charge in [0.15, 0.2) is 0 Å². The van der Waals surface area contributed by atoms with E-state index in [1.807, 2.05) is 11.3 Å². The molecule has 3 heteroatoms. The van der Waals surface area contributed by atoms with Crippen molar-refractivity contribution < 1.29 is 0 Å². The van der Waals surface area contributed by atoms with Crippen LogP contribution in [0.15, 0.2) is 10.5 Å². The molecular weight excluding hydrogens is 342 g/mol. The highest BCUT2D eigenvalue weighted by Gasteiger charge is 2.43. The minimum atomic E-state index is 0.461. The van der Waals surface area contributed by atoms with E-state index in [4.69, 9.17) is 0 Å². The minimum absolute atomic E-state index is 0.461. The highest BCUT2D eigenvalue weighted by molar-refractivity contribution is 9.10. The summed E-state index contributed by atoms with van der Waals surface area (Å²) >= 11 is 5.79. The molecule has 1 saturated carbocycles. The SMILES string of the molecule is CCCNC(c1sc(C)cc1Br)C1(CC(C)C)CCCC1. The Morgan fingerprint density at radius 2 is 2.00 bits per heavy atom. The van der Waals surface area contributed by atoms with E-state index < -0.39 is 0 Å². The standard InChI is InChI=1S/C18H30BrNS/c1-5-10-20-17(16-15(19)11-14(4)21-16)18(12-13(2)3)8-6-7-9-18/h11,13,17,20H,5-10,12H2,1-4H3. The first-order valence-corrected chi connectivity index (χ1v) is 10.1. The predicted molar refractivity (Wildman–Crippen MR) is 98.1 cm³/mol. The van der Waals surface area contributed by atoms with E-state index in [0.717, 1.165) is 12.5 Å². The summed E-state index contributed by atoms with van der Waals surface area (Å²) in [5, 5.41) is 3.91. The largest absolute Gasteiger partial charge is 0.309 e. The number of hydrogen-bond donors (Lipinski definition) is 1. The van der Waals surface area contributed by atoms with Crippen LogP contribution in [-0.2, 0) is 0 Å². The molecule has 1 N–H and O–H groups in total. The Kier molecular flexibility index (Phi) is 6.34. The molecular formula is C18H30BrNS. The fourth-order valence-electron chi connectivity index (χ4n) is 4.08. The van der Waals surface area contributed by atoms with Gasteiger partial charge in [0.1, 0.15) is 0 Å². The third-order valence-corrected chi connectivity index (χ3v) is 6.76. The van der Waals surface area contributed by atoms with Crippen molar-refractivity contribution in [3.63, 3.8) is 0 Å². The van der Waals surface area contributed by atoms with Gasteiger partial charge in [-0.05, 0) is 72.5 Å². The van der Waals surface area contributed by atoms with Crippen LogP contribution in [0.25, 0.3) is 0 Å². The van der Waals surface area contributed by atoms with E-state index in [1.165, 1.54) is 52.8 Å². The maximum Gasteiger partial charge on any atom is 0.0483 e. The molecule has 0 aromatic carbocycles. The summed E-state index contributed by atoms with van der Waals surface area (Å²) in [5.74, 6) is 0.772.